The summed E-state index contributed by atoms with van der Waals surface area (Å²) in [4.78, 5) is 33.6. The third-order valence-electron chi connectivity index (χ3n) is 6.26. The van der Waals surface area contributed by atoms with Crippen LogP contribution < -0.4 is 4.74 Å². The highest BCUT2D eigenvalue weighted by molar-refractivity contribution is 5.98. The first-order valence-corrected chi connectivity index (χ1v) is 11.0. The van der Waals surface area contributed by atoms with E-state index in [1.165, 1.54) is 4.80 Å². The topological polar surface area (TPSA) is 99.4 Å². The van der Waals surface area contributed by atoms with Gasteiger partial charge in [0.05, 0.1) is 30.2 Å². The van der Waals surface area contributed by atoms with Crippen LogP contribution in [0.4, 0.5) is 0 Å². The van der Waals surface area contributed by atoms with Gasteiger partial charge in [-0.05, 0) is 51.8 Å². The lowest BCUT2D eigenvalue weighted by Gasteiger charge is -2.38. The Bertz CT molecular complexity index is 1210. The summed E-state index contributed by atoms with van der Waals surface area (Å²) in [6.07, 6.45) is 5.99. The van der Waals surface area contributed by atoms with Crippen LogP contribution in [0.5, 0.6) is 5.88 Å². The molecule has 9 heteroatoms. The zero-order valence-corrected chi connectivity index (χ0v) is 18.8. The van der Waals surface area contributed by atoms with E-state index in [9.17, 15) is 9.59 Å². The molecule has 33 heavy (non-hydrogen) atoms. The van der Waals surface area contributed by atoms with Gasteiger partial charge in [-0.15, -0.1) is 0 Å². The second-order valence-electron chi connectivity index (χ2n) is 8.90. The number of likely N-dealkylation sites (tertiary alicyclic amines) is 1. The standard InChI is InChI=1S/C24H25N5O4/c1-15-8-9-16(32-21-20-18(10-11-25-21)24(2,3)33-23(20)31)14-28(15)22(30)17-6-4-5-7-19(17)29-26-12-13-27-29/h4-7,10-13,15-16H,8-9,14H2,1-3H3. The van der Waals surface area contributed by atoms with Gasteiger partial charge in [0.25, 0.3) is 5.91 Å². The molecule has 0 aliphatic carbocycles. The van der Waals surface area contributed by atoms with Crippen molar-refractivity contribution in [1.82, 2.24) is 24.9 Å². The number of benzene rings is 1. The van der Waals surface area contributed by atoms with Gasteiger partial charge in [-0.1, -0.05) is 12.1 Å². The Balaban J connectivity index is 1.40. The first-order valence-electron chi connectivity index (χ1n) is 11.0. The van der Waals surface area contributed by atoms with Crippen molar-refractivity contribution >= 4 is 11.9 Å². The predicted octanol–water partition coefficient (Wildman–Crippen LogP) is 3.14. The molecule has 0 saturated carbocycles. The number of hydrogen-bond acceptors (Lipinski definition) is 7. The van der Waals surface area contributed by atoms with Crippen LogP contribution in [0.3, 0.4) is 0 Å². The number of hydrogen-bond donors (Lipinski definition) is 0. The molecular weight excluding hydrogens is 422 g/mol. The van der Waals surface area contributed by atoms with E-state index in [-0.39, 0.29) is 23.9 Å². The van der Waals surface area contributed by atoms with E-state index in [2.05, 4.69) is 15.2 Å². The minimum atomic E-state index is -0.721. The second kappa shape index (κ2) is 7.99. The van der Waals surface area contributed by atoms with Crippen LogP contribution in [-0.4, -0.2) is 55.4 Å². The highest BCUT2D eigenvalue weighted by Gasteiger charge is 2.41. The van der Waals surface area contributed by atoms with E-state index in [4.69, 9.17) is 9.47 Å². The summed E-state index contributed by atoms with van der Waals surface area (Å²) < 4.78 is 11.7. The fourth-order valence-electron chi connectivity index (χ4n) is 4.50. The summed E-state index contributed by atoms with van der Waals surface area (Å²) >= 11 is 0. The summed E-state index contributed by atoms with van der Waals surface area (Å²) in [6.45, 7) is 6.09. The molecule has 2 aromatic heterocycles. The summed E-state index contributed by atoms with van der Waals surface area (Å²) in [6, 6.07) is 9.10. The maximum atomic E-state index is 13.6. The first-order chi connectivity index (χ1) is 15.8. The van der Waals surface area contributed by atoms with Gasteiger partial charge in [0.2, 0.25) is 5.88 Å². The minimum absolute atomic E-state index is 0.0364. The van der Waals surface area contributed by atoms with Gasteiger partial charge in [0.1, 0.15) is 17.3 Å². The number of ether oxygens (including phenoxy) is 2. The average Bonchev–Trinajstić information content (AvgIpc) is 3.41. The molecule has 4 heterocycles. The largest absolute Gasteiger partial charge is 0.472 e. The lowest BCUT2D eigenvalue weighted by molar-refractivity contribution is 0.00905. The van der Waals surface area contributed by atoms with Crippen LogP contribution >= 0.6 is 0 Å². The Morgan fingerprint density at radius 3 is 2.67 bits per heavy atom. The zero-order chi connectivity index (χ0) is 23.2. The summed E-state index contributed by atoms with van der Waals surface area (Å²) in [7, 11) is 0. The smallest absolute Gasteiger partial charge is 0.344 e. The molecule has 2 unspecified atom stereocenters. The molecule has 1 fully saturated rings. The van der Waals surface area contributed by atoms with E-state index >= 15 is 0 Å². The molecule has 1 saturated heterocycles. The van der Waals surface area contributed by atoms with Crippen LogP contribution in [0.2, 0.25) is 0 Å². The number of nitrogens with zero attached hydrogens (tertiary/aromatic N) is 5. The van der Waals surface area contributed by atoms with Crippen LogP contribution in [-0.2, 0) is 10.3 Å². The highest BCUT2D eigenvalue weighted by Crippen LogP contribution is 2.39. The maximum absolute atomic E-state index is 13.6. The van der Waals surface area contributed by atoms with E-state index in [0.29, 0.717) is 23.4 Å². The van der Waals surface area contributed by atoms with Crippen molar-refractivity contribution in [2.24, 2.45) is 0 Å². The molecule has 0 spiro atoms. The minimum Gasteiger partial charge on any atom is -0.472 e. The highest BCUT2D eigenvalue weighted by atomic mass is 16.6. The molecule has 170 valence electrons. The van der Waals surface area contributed by atoms with Gasteiger partial charge >= 0.3 is 5.97 Å². The van der Waals surface area contributed by atoms with Crippen LogP contribution in [0.15, 0.2) is 48.9 Å². The number of fused-ring (bicyclic) bond motifs is 1. The van der Waals surface area contributed by atoms with Crippen molar-refractivity contribution in [3.63, 3.8) is 0 Å². The number of carbonyl (C=O) groups is 2. The number of piperidine rings is 1. The van der Waals surface area contributed by atoms with Crippen molar-refractivity contribution in [3.8, 4) is 11.6 Å². The molecule has 1 aromatic carbocycles. The van der Waals surface area contributed by atoms with Crippen molar-refractivity contribution in [3.05, 3.63) is 65.6 Å². The maximum Gasteiger partial charge on any atom is 0.344 e. The molecule has 0 radical (unpaired) electrons. The summed E-state index contributed by atoms with van der Waals surface area (Å²) in [5.74, 6) is -0.289. The number of carbonyl (C=O) groups excluding carboxylic acids is 2. The number of cyclic esters (lactones) is 1. The molecular formula is C24H25N5O4. The lowest BCUT2D eigenvalue weighted by atomic mass is 9.97. The molecule has 2 aliphatic heterocycles. The Morgan fingerprint density at radius 1 is 1.12 bits per heavy atom. The van der Waals surface area contributed by atoms with E-state index in [1.807, 2.05) is 43.9 Å². The fraction of sp³-hybridized carbons (Fsp3) is 0.375. The number of rotatable bonds is 4. The van der Waals surface area contributed by atoms with Gasteiger partial charge < -0.3 is 14.4 Å². The Morgan fingerprint density at radius 2 is 1.88 bits per heavy atom. The first kappa shape index (κ1) is 21.1. The quantitative estimate of drug-likeness (QED) is 0.567. The van der Waals surface area contributed by atoms with E-state index in [1.54, 1.807) is 30.7 Å². The van der Waals surface area contributed by atoms with Crippen molar-refractivity contribution < 1.29 is 19.1 Å². The zero-order valence-electron chi connectivity index (χ0n) is 18.8. The Hall–Kier alpha value is -3.75. The van der Waals surface area contributed by atoms with Crippen LogP contribution in [0, 0.1) is 0 Å². The Kier molecular flexibility index (Phi) is 5.11. The molecule has 2 atom stereocenters. The van der Waals surface area contributed by atoms with Crippen molar-refractivity contribution in [2.75, 3.05) is 6.54 Å². The van der Waals surface area contributed by atoms with E-state index in [0.717, 1.165) is 18.4 Å². The fourth-order valence-corrected chi connectivity index (χ4v) is 4.50. The molecule has 0 bridgehead atoms. The SMILES string of the molecule is CC1CCC(Oc2nccc3c2C(=O)OC3(C)C)CN1C(=O)c1ccccc1-n1nccn1. The molecule has 5 rings (SSSR count). The predicted molar refractivity (Wildman–Crippen MR) is 118 cm³/mol. The molecule has 3 aromatic rings. The number of para-hydroxylation sites is 1. The van der Waals surface area contributed by atoms with Gasteiger partial charge in [-0.2, -0.15) is 15.0 Å². The average molecular weight is 447 g/mol. The lowest BCUT2D eigenvalue weighted by Crippen LogP contribution is -2.49. The van der Waals surface area contributed by atoms with Gasteiger partial charge in [0.15, 0.2) is 0 Å². The van der Waals surface area contributed by atoms with Gasteiger partial charge in [0, 0.05) is 17.8 Å². The third-order valence-corrected chi connectivity index (χ3v) is 6.26. The second-order valence-corrected chi connectivity index (χ2v) is 8.90. The van der Waals surface area contributed by atoms with Crippen LogP contribution in [0.25, 0.3) is 5.69 Å². The van der Waals surface area contributed by atoms with Crippen LogP contribution in [0.1, 0.15) is 59.9 Å². The summed E-state index contributed by atoms with van der Waals surface area (Å²) in [5.41, 5.74) is 1.55. The number of esters is 1. The monoisotopic (exact) mass is 447 g/mol. The molecule has 0 N–H and O–H groups in total. The Labute approximate surface area is 191 Å². The van der Waals surface area contributed by atoms with Gasteiger partial charge in [-0.3, -0.25) is 4.79 Å². The summed E-state index contributed by atoms with van der Waals surface area (Å²) in [5, 5.41) is 8.35. The normalized spacial score (nSPS) is 21.4. The molecule has 2 aliphatic rings. The molecule has 1 amide bonds. The van der Waals surface area contributed by atoms with Gasteiger partial charge in [-0.25, -0.2) is 9.78 Å². The number of amides is 1. The van der Waals surface area contributed by atoms with Crippen molar-refractivity contribution in [1.29, 1.82) is 0 Å². The third kappa shape index (κ3) is 3.73. The van der Waals surface area contributed by atoms with Crippen molar-refractivity contribution in [2.45, 2.75) is 51.4 Å². The van der Waals surface area contributed by atoms with E-state index < -0.39 is 11.6 Å². The number of aromatic nitrogens is 4. The molecule has 9 nitrogen and oxygen atoms in total. The number of pyridine rings is 1.